The maximum atomic E-state index is 2.36. The summed E-state index contributed by atoms with van der Waals surface area (Å²) in [6.45, 7) is 8.57. The third-order valence-electron chi connectivity index (χ3n) is 4.31. The van der Waals surface area contributed by atoms with Crippen LogP contribution in [-0.2, 0) is 0 Å². The zero-order chi connectivity index (χ0) is 15.8. The predicted molar refractivity (Wildman–Crippen MR) is 106 cm³/mol. The molecule has 0 aromatic rings. The Balaban J connectivity index is 4.83. The molecule has 0 atom stereocenters. The third-order valence-corrected chi connectivity index (χ3v) is 9.71. The van der Waals surface area contributed by atoms with E-state index in [2.05, 4.69) is 76.3 Å². The molecular weight excluding hydrogens is 271 g/mol. The minimum atomic E-state index is -1.15. The van der Waals surface area contributed by atoms with Gasteiger partial charge in [0.05, 0.1) is 0 Å². The second kappa shape index (κ2) is 14.3. The molecule has 0 nitrogen and oxygen atoms in total. The molecular formula is C20H37P. The molecule has 122 valence electrons. The standard InChI is InChI=1S/C20H37P/c1-5-9-13-17-21(18-14-10-6-2,19-15-11-7-3)20-16-12-8-4/h5-12,21H,13-20H2,1-4H3/b9-5+,10-6+,11-7+,12-8+. The fourth-order valence-electron chi connectivity index (χ4n) is 2.97. The average Bonchev–Trinajstić information content (AvgIpc) is 2.48. The van der Waals surface area contributed by atoms with Crippen molar-refractivity contribution in [2.24, 2.45) is 0 Å². The van der Waals surface area contributed by atoms with Crippen molar-refractivity contribution in [2.75, 3.05) is 24.6 Å². The Morgan fingerprint density at radius 1 is 0.476 bits per heavy atom. The first-order valence-electron chi connectivity index (χ1n) is 8.69. The van der Waals surface area contributed by atoms with Gasteiger partial charge in [0.25, 0.3) is 0 Å². The Bertz CT molecular complexity index is 264. The van der Waals surface area contributed by atoms with Crippen molar-refractivity contribution in [3.8, 4) is 0 Å². The summed E-state index contributed by atoms with van der Waals surface area (Å²) in [6.07, 6.45) is 29.3. The van der Waals surface area contributed by atoms with Gasteiger partial charge in [-0.25, -0.2) is 0 Å². The van der Waals surface area contributed by atoms with Crippen LogP contribution in [0.2, 0.25) is 0 Å². The molecule has 21 heavy (non-hydrogen) atoms. The summed E-state index contributed by atoms with van der Waals surface area (Å²) >= 11 is 0. The van der Waals surface area contributed by atoms with Crippen LogP contribution in [0.15, 0.2) is 48.6 Å². The van der Waals surface area contributed by atoms with E-state index in [1.54, 1.807) is 0 Å². The van der Waals surface area contributed by atoms with Crippen LogP contribution >= 0.6 is 7.26 Å². The van der Waals surface area contributed by atoms with Crippen molar-refractivity contribution < 1.29 is 0 Å². The Hall–Kier alpha value is -0.610. The van der Waals surface area contributed by atoms with Crippen molar-refractivity contribution in [3.05, 3.63) is 48.6 Å². The van der Waals surface area contributed by atoms with Gasteiger partial charge in [0.1, 0.15) is 0 Å². The van der Waals surface area contributed by atoms with Crippen LogP contribution in [0, 0.1) is 0 Å². The number of rotatable bonds is 12. The predicted octanol–water partition coefficient (Wildman–Crippen LogP) is 6.60. The molecule has 0 heterocycles. The van der Waals surface area contributed by atoms with E-state index in [9.17, 15) is 0 Å². The molecule has 0 aromatic heterocycles. The van der Waals surface area contributed by atoms with Gasteiger partial charge >= 0.3 is 134 Å². The van der Waals surface area contributed by atoms with Crippen molar-refractivity contribution in [1.29, 1.82) is 0 Å². The van der Waals surface area contributed by atoms with Crippen molar-refractivity contribution in [2.45, 2.75) is 53.4 Å². The molecule has 1 heteroatoms. The van der Waals surface area contributed by atoms with E-state index in [4.69, 9.17) is 0 Å². The second-order valence-electron chi connectivity index (χ2n) is 5.93. The molecule has 0 unspecified atom stereocenters. The van der Waals surface area contributed by atoms with E-state index in [0.717, 1.165) is 0 Å². The van der Waals surface area contributed by atoms with Gasteiger partial charge in [0.15, 0.2) is 0 Å². The fraction of sp³-hybridized carbons (Fsp3) is 0.600. The topological polar surface area (TPSA) is 0 Å². The molecule has 0 saturated heterocycles. The quantitative estimate of drug-likeness (QED) is 0.281. The molecule has 0 saturated carbocycles. The van der Waals surface area contributed by atoms with Gasteiger partial charge in [-0.2, -0.15) is 0 Å². The van der Waals surface area contributed by atoms with Crippen LogP contribution in [0.5, 0.6) is 0 Å². The molecule has 0 rings (SSSR count). The first-order chi connectivity index (χ1) is 10.2. The fourth-order valence-corrected chi connectivity index (χ4v) is 7.59. The van der Waals surface area contributed by atoms with Crippen LogP contribution in [0.3, 0.4) is 0 Å². The molecule has 0 aliphatic carbocycles. The molecule has 0 aliphatic heterocycles. The van der Waals surface area contributed by atoms with Crippen LogP contribution in [0.1, 0.15) is 53.4 Å². The molecule has 0 N–H and O–H groups in total. The Kier molecular flexibility index (Phi) is 13.9. The van der Waals surface area contributed by atoms with Crippen LogP contribution in [0.25, 0.3) is 0 Å². The number of hydrogen-bond acceptors (Lipinski definition) is 0. The Morgan fingerprint density at radius 2 is 0.714 bits per heavy atom. The first kappa shape index (κ1) is 20.4. The monoisotopic (exact) mass is 308 g/mol. The summed E-state index contributed by atoms with van der Waals surface area (Å²) in [7, 11) is -1.15. The van der Waals surface area contributed by atoms with Crippen molar-refractivity contribution >= 4 is 7.26 Å². The Labute approximate surface area is 134 Å². The van der Waals surface area contributed by atoms with Gasteiger partial charge in [-0.1, -0.05) is 0 Å². The van der Waals surface area contributed by atoms with Gasteiger partial charge in [-0.05, 0) is 0 Å². The van der Waals surface area contributed by atoms with E-state index in [1.807, 2.05) is 0 Å². The van der Waals surface area contributed by atoms with Crippen molar-refractivity contribution in [3.63, 3.8) is 0 Å². The van der Waals surface area contributed by atoms with Gasteiger partial charge in [0, 0.05) is 0 Å². The molecule has 0 aliphatic rings. The number of allylic oxidation sites excluding steroid dienone is 8. The zero-order valence-electron chi connectivity index (χ0n) is 14.8. The zero-order valence-corrected chi connectivity index (χ0v) is 15.8. The van der Waals surface area contributed by atoms with E-state index < -0.39 is 7.26 Å². The molecule has 0 radical (unpaired) electrons. The molecule has 0 fully saturated rings. The minimum absolute atomic E-state index is 1.15. The molecule has 0 bridgehead atoms. The van der Waals surface area contributed by atoms with Crippen LogP contribution < -0.4 is 0 Å². The molecule has 0 spiro atoms. The summed E-state index contributed by atoms with van der Waals surface area (Å²) < 4.78 is 0. The van der Waals surface area contributed by atoms with E-state index in [1.165, 1.54) is 50.3 Å². The molecule has 0 aromatic carbocycles. The van der Waals surface area contributed by atoms with Gasteiger partial charge in [-0.3, -0.25) is 0 Å². The third kappa shape index (κ3) is 10.7. The van der Waals surface area contributed by atoms with Crippen LogP contribution in [0.4, 0.5) is 0 Å². The van der Waals surface area contributed by atoms with Crippen LogP contribution in [-0.4, -0.2) is 24.6 Å². The summed E-state index contributed by atoms with van der Waals surface area (Å²) in [5.74, 6) is 0. The van der Waals surface area contributed by atoms with E-state index >= 15 is 0 Å². The van der Waals surface area contributed by atoms with Gasteiger partial charge in [-0.15, -0.1) is 0 Å². The SMILES string of the molecule is C/C=C/CC[PH](CC/C=C/C)(CC/C=C/C)CC/C=C/C. The van der Waals surface area contributed by atoms with E-state index in [-0.39, 0.29) is 0 Å². The summed E-state index contributed by atoms with van der Waals surface area (Å²) in [5.41, 5.74) is 0. The van der Waals surface area contributed by atoms with Gasteiger partial charge in [0.2, 0.25) is 0 Å². The normalized spacial score (nSPS) is 14.3. The maximum absolute atomic E-state index is 2.36. The second-order valence-corrected chi connectivity index (χ2v) is 10.9. The molecule has 0 amide bonds. The Morgan fingerprint density at radius 3 is 0.905 bits per heavy atom. The summed E-state index contributed by atoms with van der Waals surface area (Å²) in [4.78, 5) is 0. The summed E-state index contributed by atoms with van der Waals surface area (Å²) in [5, 5.41) is 0. The van der Waals surface area contributed by atoms with Crippen molar-refractivity contribution in [1.82, 2.24) is 0 Å². The first-order valence-corrected chi connectivity index (χ1v) is 11.5. The average molecular weight is 308 g/mol. The summed E-state index contributed by atoms with van der Waals surface area (Å²) in [6, 6.07) is 0. The van der Waals surface area contributed by atoms with Gasteiger partial charge < -0.3 is 0 Å². The number of hydrogen-bond donors (Lipinski definition) is 0. The van der Waals surface area contributed by atoms with E-state index in [0.29, 0.717) is 0 Å².